The molecule has 1 amide bonds. The average molecular weight is 498 g/mol. The lowest BCUT2D eigenvalue weighted by Crippen LogP contribution is -2.59. The summed E-state index contributed by atoms with van der Waals surface area (Å²) in [5.74, 6) is 1.93. The van der Waals surface area contributed by atoms with Crippen molar-refractivity contribution >= 4 is 34.2 Å². The Morgan fingerprint density at radius 1 is 1.14 bits per heavy atom. The van der Waals surface area contributed by atoms with Crippen LogP contribution in [-0.2, 0) is 4.79 Å². The Kier molecular flexibility index (Phi) is 5.38. The summed E-state index contributed by atoms with van der Waals surface area (Å²) in [5, 5.41) is 1.80. The summed E-state index contributed by atoms with van der Waals surface area (Å²) in [6, 6.07) is 14.4. The fraction of sp³-hybridized carbons (Fsp3) is 0.276. The van der Waals surface area contributed by atoms with Gasteiger partial charge in [-0.25, -0.2) is 9.97 Å². The third-order valence-corrected chi connectivity index (χ3v) is 8.04. The Morgan fingerprint density at radius 2 is 1.94 bits per heavy atom. The van der Waals surface area contributed by atoms with Gasteiger partial charge in [-0.05, 0) is 50.1 Å². The van der Waals surface area contributed by atoms with Crippen molar-refractivity contribution in [2.24, 2.45) is 5.41 Å². The first-order valence-corrected chi connectivity index (χ1v) is 12.6. The normalized spacial score (nSPS) is 16.5. The number of aromatic nitrogens is 3. The van der Waals surface area contributed by atoms with Crippen LogP contribution >= 0.6 is 11.6 Å². The van der Waals surface area contributed by atoms with Gasteiger partial charge >= 0.3 is 0 Å². The predicted octanol–water partition coefficient (Wildman–Crippen LogP) is 5.58. The molecule has 0 bridgehead atoms. The van der Waals surface area contributed by atoms with Gasteiger partial charge in [-0.3, -0.25) is 4.79 Å². The van der Waals surface area contributed by atoms with Crippen LogP contribution in [0.1, 0.15) is 17.8 Å². The molecule has 0 saturated carbocycles. The highest BCUT2D eigenvalue weighted by Gasteiger charge is 2.49. The molecule has 36 heavy (non-hydrogen) atoms. The molecule has 2 saturated heterocycles. The van der Waals surface area contributed by atoms with Crippen molar-refractivity contribution in [1.82, 2.24) is 19.4 Å². The highest BCUT2D eigenvalue weighted by Crippen LogP contribution is 2.44. The van der Waals surface area contributed by atoms with E-state index in [9.17, 15) is 4.79 Å². The van der Waals surface area contributed by atoms with Gasteiger partial charge in [0, 0.05) is 71.2 Å². The number of carbonyl (C=O) groups is 1. The molecule has 4 aromatic rings. The van der Waals surface area contributed by atoms with E-state index in [-0.39, 0.29) is 11.3 Å². The summed E-state index contributed by atoms with van der Waals surface area (Å²) in [4.78, 5) is 25.9. The van der Waals surface area contributed by atoms with Crippen LogP contribution in [-0.4, -0.2) is 51.5 Å². The first-order chi connectivity index (χ1) is 17.4. The lowest BCUT2D eigenvalue weighted by atomic mass is 9.79. The van der Waals surface area contributed by atoms with Gasteiger partial charge in [0.15, 0.2) is 0 Å². The Labute approximate surface area is 215 Å². The smallest absolute Gasteiger partial charge is 0.245 e. The van der Waals surface area contributed by atoms with Crippen LogP contribution in [0.3, 0.4) is 0 Å². The van der Waals surface area contributed by atoms with E-state index in [4.69, 9.17) is 16.6 Å². The monoisotopic (exact) mass is 497 g/mol. The van der Waals surface area contributed by atoms with Gasteiger partial charge in [0.1, 0.15) is 11.6 Å². The molecule has 1 spiro atoms. The summed E-state index contributed by atoms with van der Waals surface area (Å²) >= 11 is 6.72. The Balaban J connectivity index is 1.47. The number of aryl methyl sites for hydroxylation is 1. The minimum atomic E-state index is 0.0161. The third-order valence-electron chi connectivity index (χ3n) is 7.71. The van der Waals surface area contributed by atoms with Crippen LogP contribution in [0, 0.1) is 19.3 Å². The second-order valence-electron chi connectivity index (χ2n) is 10.0. The van der Waals surface area contributed by atoms with E-state index in [0.29, 0.717) is 0 Å². The number of halogens is 1. The summed E-state index contributed by atoms with van der Waals surface area (Å²) in [6.07, 6.45) is 6.23. The standard InChI is InChI=1S/C29H28ClN5O/c1-4-26(36)34-17-29(18-34)11-13-33(16-29)28-19(2)27(22-7-5-6-8-24(22)30)23-10-9-21(15-25(23)32-28)35-14-12-31-20(35)3/h4-10,12,14-15H,1,11,13,16-18H2,2-3H3. The van der Waals surface area contributed by atoms with Crippen molar-refractivity contribution in [3.63, 3.8) is 0 Å². The van der Waals surface area contributed by atoms with Crippen molar-refractivity contribution < 1.29 is 4.79 Å². The molecule has 182 valence electrons. The average Bonchev–Trinajstić information content (AvgIpc) is 3.50. The van der Waals surface area contributed by atoms with Gasteiger partial charge in [0.05, 0.1) is 5.52 Å². The minimum Gasteiger partial charge on any atom is -0.356 e. The number of carbonyl (C=O) groups excluding carboxylic acids is 1. The maximum absolute atomic E-state index is 12.0. The van der Waals surface area contributed by atoms with Gasteiger partial charge in [0.25, 0.3) is 0 Å². The molecule has 2 aromatic carbocycles. The molecule has 2 fully saturated rings. The first-order valence-electron chi connectivity index (χ1n) is 12.2. The van der Waals surface area contributed by atoms with Crippen LogP contribution in [0.2, 0.25) is 5.02 Å². The van der Waals surface area contributed by atoms with E-state index >= 15 is 0 Å². The molecule has 0 unspecified atom stereocenters. The van der Waals surface area contributed by atoms with Crippen molar-refractivity contribution in [1.29, 1.82) is 0 Å². The quantitative estimate of drug-likeness (QED) is 0.345. The fourth-order valence-electron chi connectivity index (χ4n) is 5.88. The third kappa shape index (κ3) is 3.59. The number of hydrogen-bond acceptors (Lipinski definition) is 4. The maximum Gasteiger partial charge on any atom is 0.245 e. The summed E-state index contributed by atoms with van der Waals surface area (Å²) in [5.41, 5.74) is 5.33. The number of pyridine rings is 1. The highest BCUT2D eigenvalue weighted by molar-refractivity contribution is 6.33. The molecule has 7 heteroatoms. The predicted molar refractivity (Wildman–Crippen MR) is 145 cm³/mol. The van der Waals surface area contributed by atoms with Gasteiger partial charge in [0.2, 0.25) is 5.91 Å². The summed E-state index contributed by atoms with van der Waals surface area (Å²) in [7, 11) is 0. The minimum absolute atomic E-state index is 0.0161. The zero-order valence-electron chi connectivity index (χ0n) is 20.5. The van der Waals surface area contributed by atoms with Crippen LogP contribution in [0.25, 0.3) is 27.7 Å². The molecule has 2 aliphatic rings. The van der Waals surface area contributed by atoms with Crippen LogP contribution < -0.4 is 4.90 Å². The topological polar surface area (TPSA) is 54.3 Å². The number of anilines is 1. The Morgan fingerprint density at radius 3 is 2.67 bits per heavy atom. The number of benzene rings is 2. The van der Waals surface area contributed by atoms with Gasteiger partial charge in [-0.2, -0.15) is 0 Å². The number of amides is 1. The molecule has 6 nitrogen and oxygen atoms in total. The first kappa shape index (κ1) is 22.8. The molecular weight excluding hydrogens is 470 g/mol. The van der Waals surface area contributed by atoms with Crippen LogP contribution in [0.5, 0.6) is 0 Å². The summed E-state index contributed by atoms with van der Waals surface area (Å²) < 4.78 is 2.07. The number of fused-ring (bicyclic) bond motifs is 1. The van der Waals surface area contributed by atoms with Crippen molar-refractivity contribution in [2.75, 3.05) is 31.1 Å². The Bertz CT molecular complexity index is 1520. The molecule has 2 aliphatic heterocycles. The van der Waals surface area contributed by atoms with Crippen LogP contribution in [0.15, 0.2) is 67.5 Å². The van der Waals surface area contributed by atoms with Gasteiger partial charge in [-0.1, -0.05) is 42.4 Å². The molecule has 4 heterocycles. The van der Waals surface area contributed by atoms with E-state index in [2.05, 4.69) is 52.2 Å². The molecule has 0 atom stereocenters. The van der Waals surface area contributed by atoms with E-state index in [1.807, 2.05) is 42.4 Å². The molecule has 2 aromatic heterocycles. The molecular formula is C29H28ClN5O. The van der Waals surface area contributed by atoms with Crippen molar-refractivity contribution in [3.8, 4) is 16.8 Å². The van der Waals surface area contributed by atoms with Gasteiger partial charge in [-0.15, -0.1) is 0 Å². The fourth-order valence-corrected chi connectivity index (χ4v) is 6.11. The van der Waals surface area contributed by atoms with Crippen molar-refractivity contribution in [2.45, 2.75) is 20.3 Å². The summed E-state index contributed by atoms with van der Waals surface area (Å²) in [6.45, 7) is 11.1. The largest absolute Gasteiger partial charge is 0.356 e. The van der Waals surface area contributed by atoms with Gasteiger partial charge < -0.3 is 14.4 Å². The molecule has 0 radical (unpaired) electrons. The maximum atomic E-state index is 12.0. The second kappa shape index (κ2) is 8.49. The number of likely N-dealkylation sites (tertiary alicyclic amines) is 1. The zero-order chi connectivity index (χ0) is 25.0. The van der Waals surface area contributed by atoms with E-state index < -0.39 is 0 Å². The number of rotatable bonds is 4. The van der Waals surface area contributed by atoms with E-state index in [1.165, 1.54) is 6.08 Å². The van der Waals surface area contributed by atoms with Crippen molar-refractivity contribution in [3.05, 3.63) is 83.9 Å². The lowest BCUT2D eigenvalue weighted by molar-refractivity contribution is -0.136. The molecule has 0 aliphatic carbocycles. The van der Waals surface area contributed by atoms with E-state index in [0.717, 1.165) is 82.5 Å². The van der Waals surface area contributed by atoms with Crippen LogP contribution in [0.4, 0.5) is 5.82 Å². The zero-order valence-corrected chi connectivity index (χ0v) is 21.3. The second-order valence-corrected chi connectivity index (χ2v) is 10.4. The SMILES string of the molecule is C=CC(=O)N1CC2(CCN(c3nc4cc(-n5ccnc5C)ccc4c(-c4ccccc4Cl)c3C)C2)C1. The lowest BCUT2D eigenvalue weighted by Gasteiger charge is -2.47. The van der Waals surface area contributed by atoms with E-state index in [1.54, 1.807) is 0 Å². The number of hydrogen-bond donors (Lipinski definition) is 0. The number of imidazole rings is 1. The number of nitrogens with zero attached hydrogens (tertiary/aromatic N) is 5. The Hall–Kier alpha value is -3.64. The molecule has 0 N–H and O–H groups in total. The molecule has 6 rings (SSSR count). The highest BCUT2D eigenvalue weighted by atomic mass is 35.5.